The van der Waals surface area contributed by atoms with E-state index in [4.69, 9.17) is 0 Å². The summed E-state index contributed by atoms with van der Waals surface area (Å²) in [6.45, 7) is 3.67. The van der Waals surface area contributed by atoms with E-state index in [1.54, 1.807) is 10.9 Å². The topological polar surface area (TPSA) is 62.3 Å². The number of nitrogens with zero attached hydrogens (tertiary/aromatic N) is 2. The second-order valence-electron chi connectivity index (χ2n) is 7.25. The zero-order chi connectivity index (χ0) is 21.1. The maximum absolute atomic E-state index is 14.7. The van der Waals surface area contributed by atoms with Gasteiger partial charge in [0.2, 0.25) is 0 Å². The van der Waals surface area contributed by atoms with Crippen LogP contribution in [0.15, 0.2) is 56.7 Å². The first kappa shape index (κ1) is 21.4. The van der Waals surface area contributed by atoms with Crippen molar-refractivity contribution in [1.29, 1.82) is 0 Å². The molecule has 0 radical (unpaired) electrons. The van der Waals surface area contributed by atoms with E-state index in [-0.39, 0.29) is 10.6 Å². The van der Waals surface area contributed by atoms with Crippen LogP contribution in [0.5, 0.6) is 0 Å². The zero-order valence-corrected chi connectivity index (χ0v) is 19.4. The van der Waals surface area contributed by atoms with Crippen LogP contribution in [0.1, 0.15) is 23.2 Å². The molecule has 0 saturated carbocycles. The average molecular weight is 510 g/mol. The van der Waals surface area contributed by atoms with Gasteiger partial charge >= 0.3 is 0 Å². The average Bonchev–Trinajstić information content (AvgIpc) is 3.18. The molecule has 2 aromatic carbocycles. The van der Waals surface area contributed by atoms with E-state index in [2.05, 4.69) is 43.3 Å². The molecule has 1 aromatic heterocycles. The Kier molecular flexibility index (Phi) is 6.52. The van der Waals surface area contributed by atoms with Crippen molar-refractivity contribution in [2.24, 2.45) is 0 Å². The summed E-state index contributed by atoms with van der Waals surface area (Å²) in [5.74, 6) is -1.10. The van der Waals surface area contributed by atoms with Crippen LogP contribution < -0.4 is 5.32 Å². The van der Waals surface area contributed by atoms with Crippen molar-refractivity contribution < 1.29 is 12.8 Å². The Morgan fingerprint density at radius 2 is 1.97 bits per heavy atom. The van der Waals surface area contributed by atoms with E-state index in [0.29, 0.717) is 22.4 Å². The second kappa shape index (κ2) is 9.13. The highest BCUT2D eigenvalue weighted by molar-refractivity contribution is 9.10. The van der Waals surface area contributed by atoms with Gasteiger partial charge < -0.3 is 5.32 Å². The highest BCUT2D eigenvalue weighted by atomic mass is 79.9. The van der Waals surface area contributed by atoms with Crippen LogP contribution in [0, 0.1) is 5.82 Å². The predicted octanol–water partition coefficient (Wildman–Crippen LogP) is 4.84. The smallest absolute Gasteiger partial charge is 0.187 e. The first-order valence-corrected chi connectivity index (χ1v) is 12.9. The van der Waals surface area contributed by atoms with E-state index >= 15 is 0 Å². The third-order valence-electron chi connectivity index (χ3n) is 5.11. The Morgan fingerprint density at radius 3 is 2.63 bits per heavy atom. The lowest BCUT2D eigenvalue weighted by molar-refractivity contribution is 0.172. The van der Waals surface area contributed by atoms with Gasteiger partial charge in [0, 0.05) is 22.9 Å². The minimum Gasteiger partial charge on any atom is -0.380 e. The molecule has 9 heteroatoms. The van der Waals surface area contributed by atoms with Crippen LogP contribution in [-0.2, 0) is 28.7 Å². The molecule has 0 bridgehead atoms. The van der Waals surface area contributed by atoms with Crippen molar-refractivity contribution in [2.75, 3.05) is 18.4 Å². The Morgan fingerprint density at radius 1 is 1.20 bits per heavy atom. The lowest BCUT2D eigenvalue weighted by atomic mass is 10.1. The molecule has 1 N–H and O–H groups in total. The van der Waals surface area contributed by atoms with E-state index in [1.807, 2.05) is 12.1 Å². The van der Waals surface area contributed by atoms with Gasteiger partial charge in [-0.1, -0.05) is 24.3 Å². The molecule has 0 amide bonds. The van der Waals surface area contributed by atoms with Gasteiger partial charge in [-0.15, -0.1) is 11.3 Å². The molecule has 3 aromatic rings. The van der Waals surface area contributed by atoms with Crippen molar-refractivity contribution in [3.8, 4) is 0 Å². The highest BCUT2D eigenvalue weighted by Gasteiger charge is 2.23. The Bertz CT molecular complexity index is 1130. The number of thiazole rings is 1. The fraction of sp³-hybridized carbons (Fsp3) is 0.286. The fourth-order valence-electron chi connectivity index (χ4n) is 3.34. The summed E-state index contributed by atoms with van der Waals surface area (Å²) in [5.41, 5.74) is 4.86. The molecular weight excluding hydrogens is 489 g/mol. The normalized spacial score (nSPS) is 14.5. The summed E-state index contributed by atoms with van der Waals surface area (Å²) in [7, 11) is -3.83. The number of nitrogens with one attached hydrogen (secondary N) is 1. The Balaban J connectivity index is 1.50. The summed E-state index contributed by atoms with van der Waals surface area (Å²) in [5, 5.41) is 4.88. The van der Waals surface area contributed by atoms with Crippen molar-refractivity contribution in [3.05, 3.63) is 74.4 Å². The predicted molar refractivity (Wildman–Crippen MR) is 121 cm³/mol. The molecule has 1 saturated heterocycles. The van der Waals surface area contributed by atoms with E-state index in [0.717, 1.165) is 25.2 Å². The molecule has 0 unspecified atom stereocenters. The fourth-order valence-corrected chi connectivity index (χ4v) is 5.99. The number of likely N-dealkylation sites (tertiary alicyclic amines) is 1. The molecule has 1 aliphatic rings. The van der Waals surface area contributed by atoms with Gasteiger partial charge in [0.05, 0.1) is 22.6 Å². The minimum absolute atomic E-state index is 0.323. The standard InChI is InChI=1S/C21H21BrFN3O2S2/c22-18-8-21(30(27,28)13-17-12-29-14-25-17)19(23)9-20(18)24-10-15-4-1-2-5-16(15)11-26-6-3-7-26/h1-2,4-5,8-9,12,14,24H,3,6-7,10-11,13H2. The molecular formula is C21H21BrFN3O2S2. The van der Waals surface area contributed by atoms with Crippen molar-refractivity contribution in [1.82, 2.24) is 9.88 Å². The van der Waals surface area contributed by atoms with Gasteiger partial charge in [-0.25, -0.2) is 17.8 Å². The lowest BCUT2D eigenvalue weighted by Gasteiger charge is -2.31. The van der Waals surface area contributed by atoms with Crippen LogP contribution in [0.4, 0.5) is 10.1 Å². The quantitative estimate of drug-likeness (QED) is 0.470. The number of hydrogen-bond acceptors (Lipinski definition) is 6. The maximum Gasteiger partial charge on any atom is 0.187 e. The van der Waals surface area contributed by atoms with Gasteiger partial charge in [0.15, 0.2) is 9.84 Å². The summed E-state index contributed by atoms with van der Waals surface area (Å²) in [4.78, 5) is 6.05. The first-order valence-electron chi connectivity index (χ1n) is 9.54. The molecule has 5 nitrogen and oxygen atoms in total. The minimum atomic E-state index is -3.83. The molecule has 1 aliphatic heterocycles. The number of sulfone groups is 1. The highest BCUT2D eigenvalue weighted by Crippen LogP contribution is 2.31. The molecule has 2 heterocycles. The SMILES string of the molecule is O=S(=O)(Cc1cscn1)c1cc(Br)c(NCc2ccccc2CN2CCC2)cc1F. The third kappa shape index (κ3) is 4.91. The number of hydrogen-bond donors (Lipinski definition) is 1. The number of benzene rings is 2. The molecule has 1 fully saturated rings. The Hall–Kier alpha value is -1.81. The third-order valence-corrected chi connectivity index (χ3v) is 8.06. The molecule has 0 spiro atoms. The zero-order valence-electron chi connectivity index (χ0n) is 16.1. The van der Waals surface area contributed by atoms with E-state index in [1.165, 1.54) is 35.5 Å². The molecule has 158 valence electrons. The van der Waals surface area contributed by atoms with Crippen molar-refractivity contribution in [2.45, 2.75) is 30.2 Å². The van der Waals surface area contributed by atoms with Crippen LogP contribution in [-0.4, -0.2) is 31.4 Å². The van der Waals surface area contributed by atoms with Crippen molar-refractivity contribution in [3.63, 3.8) is 0 Å². The van der Waals surface area contributed by atoms with Crippen molar-refractivity contribution >= 4 is 42.8 Å². The molecule has 0 atom stereocenters. The van der Waals surface area contributed by atoms with Gasteiger partial charge in [-0.2, -0.15) is 0 Å². The van der Waals surface area contributed by atoms with E-state index < -0.39 is 15.7 Å². The Labute approximate surface area is 188 Å². The second-order valence-corrected chi connectivity index (χ2v) is 10.8. The summed E-state index contributed by atoms with van der Waals surface area (Å²) in [6, 6.07) is 10.7. The number of rotatable bonds is 8. The summed E-state index contributed by atoms with van der Waals surface area (Å²) in [6.07, 6.45) is 1.24. The van der Waals surface area contributed by atoms with Crippen LogP contribution >= 0.6 is 27.3 Å². The maximum atomic E-state index is 14.7. The van der Waals surface area contributed by atoms with Gasteiger partial charge in [0.1, 0.15) is 10.7 Å². The number of halogens is 2. The van der Waals surface area contributed by atoms with Crippen LogP contribution in [0.3, 0.4) is 0 Å². The summed E-state index contributed by atoms with van der Waals surface area (Å²) < 4.78 is 40.5. The van der Waals surface area contributed by atoms with E-state index in [9.17, 15) is 12.8 Å². The molecule has 0 aliphatic carbocycles. The molecule has 4 rings (SSSR count). The number of aromatic nitrogens is 1. The van der Waals surface area contributed by atoms with Crippen LogP contribution in [0.25, 0.3) is 0 Å². The van der Waals surface area contributed by atoms with Gasteiger partial charge in [-0.3, -0.25) is 4.90 Å². The van der Waals surface area contributed by atoms with Gasteiger partial charge in [-0.05, 0) is 58.7 Å². The number of anilines is 1. The largest absolute Gasteiger partial charge is 0.380 e. The lowest BCUT2D eigenvalue weighted by Crippen LogP contribution is -2.36. The summed E-state index contributed by atoms with van der Waals surface area (Å²) >= 11 is 4.70. The van der Waals surface area contributed by atoms with Gasteiger partial charge in [0.25, 0.3) is 0 Å². The monoisotopic (exact) mass is 509 g/mol. The van der Waals surface area contributed by atoms with Crippen LogP contribution in [0.2, 0.25) is 0 Å². The first-order chi connectivity index (χ1) is 14.4. The molecule has 30 heavy (non-hydrogen) atoms.